The molecule has 3 heteroatoms. The van der Waals surface area contributed by atoms with Crippen molar-refractivity contribution in [3.63, 3.8) is 0 Å². The fourth-order valence-corrected chi connectivity index (χ4v) is 2.45. The van der Waals surface area contributed by atoms with Gasteiger partial charge in [-0.25, -0.2) is 0 Å². The summed E-state index contributed by atoms with van der Waals surface area (Å²) < 4.78 is 0. The summed E-state index contributed by atoms with van der Waals surface area (Å²) in [6.07, 6.45) is 0. The van der Waals surface area contributed by atoms with Crippen molar-refractivity contribution in [2.75, 3.05) is 6.54 Å². The Bertz CT molecular complexity index is 665. The van der Waals surface area contributed by atoms with Crippen molar-refractivity contribution in [3.05, 3.63) is 48.0 Å². The Morgan fingerprint density at radius 2 is 1.77 bits per heavy atom. The van der Waals surface area contributed by atoms with E-state index in [2.05, 4.69) is 43.4 Å². The Balaban J connectivity index is 2.22. The maximum Gasteiger partial charge on any atom is 0.227 e. The number of nitrogens with one attached hydrogen (secondary N) is 1. The molecule has 22 heavy (non-hydrogen) atoms. The number of carbonyl (C=O) groups excluding carboxylic acids is 1. The van der Waals surface area contributed by atoms with Crippen molar-refractivity contribution in [1.82, 2.24) is 5.32 Å². The minimum atomic E-state index is -0.373. The predicted octanol–water partition coefficient (Wildman–Crippen LogP) is 3.43. The van der Waals surface area contributed by atoms with Crippen LogP contribution in [0.3, 0.4) is 0 Å². The van der Waals surface area contributed by atoms with Crippen molar-refractivity contribution in [1.29, 1.82) is 0 Å². The molecule has 0 aliphatic rings. The van der Waals surface area contributed by atoms with Crippen molar-refractivity contribution in [2.24, 2.45) is 11.7 Å². The normalized spacial score (nSPS) is 15.5. The first-order valence-electron chi connectivity index (χ1n) is 7.88. The molecule has 2 aromatic carbocycles. The first-order chi connectivity index (χ1) is 10.4. The van der Waals surface area contributed by atoms with Gasteiger partial charge in [0.15, 0.2) is 0 Å². The van der Waals surface area contributed by atoms with E-state index >= 15 is 0 Å². The standard InChI is InChI=1S/C19H26N2O/c1-13(2)19(4,12-20)21-18(22)14(3)16-10-9-15-7-5-6-8-17(15)11-16/h5-11,13-14H,12,20H2,1-4H3,(H,21,22). The summed E-state index contributed by atoms with van der Waals surface area (Å²) in [6.45, 7) is 8.53. The highest BCUT2D eigenvalue weighted by Crippen LogP contribution is 2.23. The van der Waals surface area contributed by atoms with Crippen LogP contribution in [0.25, 0.3) is 10.8 Å². The van der Waals surface area contributed by atoms with Crippen LogP contribution in [0, 0.1) is 5.92 Å². The van der Waals surface area contributed by atoms with Crippen LogP contribution in [0.4, 0.5) is 0 Å². The van der Waals surface area contributed by atoms with Crippen molar-refractivity contribution >= 4 is 16.7 Å². The molecule has 0 aromatic heterocycles. The molecule has 0 saturated carbocycles. The Morgan fingerprint density at radius 1 is 1.14 bits per heavy atom. The summed E-state index contributed by atoms with van der Waals surface area (Å²) in [4.78, 5) is 12.6. The Labute approximate surface area is 132 Å². The second-order valence-corrected chi connectivity index (χ2v) is 6.59. The number of hydrogen-bond donors (Lipinski definition) is 2. The van der Waals surface area contributed by atoms with E-state index in [0.717, 1.165) is 10.9 Å². The monoisotopic (exact) mass is 298 g/mol. The lowest BCUT2D eigenvalue weighted by molar-refractivity contribution is -0.124. The van der Waals surface area contributed by atoms with E-state index < -0.39 is 0 Å². The van der Waals surface area contributed by atoms with Crippen LogP contribution in [0.5, 0.6) is 0 Å². The van der Waals surface area contributed by atoms with Crippen molar-refractivity contribution in [3.8, 4) is 0 Å². The van der Waals surface area contributed by atoms with Crippen molar-refractivity contribution in [2.45, 2.75) is 39.2 Å². The molecule has 0 aliphatic heterocycles. The highest BCUT2D eigenvalue weighted by atomic mass is 16.2. The first kappa shape index (κ1) is 16.5. The van der Waals surface area contributed by atoms with Crippen LogP contribution in [0.2, 0.25) is 0 Å². The molecule has 0 aliphatic carbocycles. The largest absolute Gasteiger partial charge is 0.349 e. The molecule has 3 N–H and O–H groups in total. The van der Waals surface area contributed by atoms with Crippen LogP contribution in [-0.4, -0.2) is 18.0 Å². The molecule has 0 heterocycles. The molecule has 1 amide bonds. The quantitative estimate of drug-likeness (QED) is 0.888. The van der Waals surface area contributed by atoms with E-state index in [0.29, 0.717) is 6.54 Å². The lowest BCUT2D eigenvalue weighted by atomic mass is 9.87. The van der Waals surface area contributed by atoms with Crippen LogP contribution in [-0.2, 0) is 4.79 Å². The molecule has 2 rings (SSSR count). The number of carbonyl (C=O) groups is 1. The molecule has 0 bridgehead atoms. The summed E-state index contributed by atoms with van der Waals surface area (Å²) in [6, 6.07) is 14.4. The van der Waals surface area contributed by atoms with Gasteiger partial charge in [0.05, 0.1) is 11.5 Å². The Morgan fingerprint density at radius 3 is 2.36 bits per heavy atom. The molecule has 2 aromatic rings. The number of fused-ring (bicyclic) bond motifs is 1. The second-order valence-electron chi connectivity index (χ2n) is 6.59. The number of amides is 1. The van der Waals surface area contributed by atoms with Gasteiger partial charge in [-0.1, -0.05) is 56.3 Å². The number of rotatable bonds is 5. The molecule has 0 saturated heterocycles. The Hall–Kier alpha value is -1.87. The van der Waals surface area contributed by atoms with E-state index in [9.17, 15) is 4.79 Å². The lowest BCUT2D eigenvalue weighted by Crippen LogP contribution is -2.55. The summed E-state index contributed by atoms with van der Waals surface area (Å²) in [5, 5.41) is 5.47. The van der Waals surface area contributed by atoms with E-state index in [1.54, 1.807) is 0 Å². The summed E-state index contributed by atoms with van der Waals surface area (Å²) in [7, 11) is 0. The van der Waals surface area contributed by atoms with Crippen LogP contribution < -0.4 is 11.1 Å². The zero-order valence-electron chi connectivity index (χ0n) is 13.9. The molecule has 2 atom stereocenters. The molecule has 0 spiro atoms. The predicted molar refractivity (Wildman–Crippen MR) is 92.8 cm³/mol. The van der Waals surface area contributed by atoms with Gasteiger partial charge < -0.3 is 11.1 Å². The summed E-state index contributed by atoms with van der Waals surface area (Å²) >= 11 is 0. The van der Waals surface area contributed by atoms with E-state index in [-0.39, 0.29) is 23.3 Å². The summed E-state index contributed by atoms with van der Waals surface area (Å²) in [5.41, 5.74) is 6.51. The molecule has 2 unspecified atom stereocenters. The Kier molecular flexibility index (Phi) is 4.87. The smallest absolute Gasteiger partial charge is 0.227 e. The van der Waals surface area contributed by atoms with Gasteiger partial charge in [-0.05, 0) is 36.1 Å². The van der Waals surface area contributed by atoms with Gasteiger partial charge in [-0.15, -0.1) is 0 Å². The molecular weight excluding hydrogens is 272 g/mol. The SMILES string of the molecule is CC(C(=O)NC(C)(CN)C(C)C)c1ccc2ccccc2c1. The molecule has 0 fully saturated rings. The van der Waals surface area contributed by atoms with Gasteiger partial charge in [0.25, 0.3) is 0 Å². The van der Waals surface area contributed by atoms with Gasteiger partial charge in [0.1, 0.15) is 0 Å². The molecule has 118 valence electrons. The number of benzene rings is 2. The summed E-state index contributed by atoms with van der Waals surface area (Å²) in [5.74, 6) is 0.108. The van der Waals surface area contributed by atoms with E-state index in [4.69, 9.17) is 5.73 Å². The van der Waals surface area contributed by atoms with Gasteiger partial charge >= 0.3 is 0 Å². The second kappa shape index (κ2) is 6.49. The third kappa shape index (κ3) is 3.30. The van der Waals surface area contributed by atoms with Crippen molar-refractivity contribution < 1.29 is 4.79 Å². The van der Waals surface area contributed by atoms with Gasteiger partial charge in [0, 0.05) is 6.54 Å². The zero-order valence-corrected chi connectivity index (χ0v) is 13.9. The van der Waals surface area contributed by atoms with Gasteiger partial charge in [-0.3, -0.25) is 4.79 Å². The number of nitrogens with two attached hydrogens (primary N) is 1. The van der Waals surface area contributed by atoms with Gasteiger partial charge in [-0.2, -0.15) is 0 Å². The zero-order chi connectivity index (χ0) is 16.3. The van der Waals surface area contributed by atoms with E-state index in [1.807, 2.05) is 32.0 Å². The molecule has 0 radical (unpaired) electrons. The van der Waals surface area contributed by atoms with Crippen LogP contribution in [0.1, 0.15) is 39.2 Å². The topological polar surface area (TPSA) is 55.1 Å². The molecular formula is C19H26N2O. The highest BCUT2D eigenvalue weighted by molar-refractivity contribution is 5.88. The third-order valence-electron chi connectivity index (χ3n) is 4.77. The minimum Gasteiger partial charge on any atom is -0.349 e. The van der Waals surface area contributed by atoms with Gasteiger partial charge in [0.2, 0.25) is 5.91 Å². The minimum absolute atomic E-state index is 0.0249. The maximum atomic E-state index is 12.6. The van der Waals surface area contributed by atoms with Crippen LogP contribution >= 0.6 is 0 Å². The highest BCUT2D eigenvalue weighted by Gasteiger charge is 2.30. The molecule has 3 nitrogen and oxygen atoms in total. The van der Waals surface area contributed by atoms with Crippen LogP contribution in [0.15, 0.2) is 42.5 Å². The third-order valence-corrected chi connectivity index (χ3v) is 4.77. The number of hydrogen-bond acceptors (Lipinski definition) is 2. The average molecular weight is 298 g/mol. The maximum absolute atomic E-state index is 12.6. The average Bonchev–Trinajstić information content (AvgIpc) is 2.53. The first-order valence-corrected chi connectivity index (χ1v) is 7.88. The lowest BCUT2D eigenvalue weighted by Gasteiger charge is -2.34. The fraction of sp³-hybridized carbons (Fsp3) is 0.421. The fourth-order valence-electron chi connectivity index (χ4n) is 2.45. The van der Waals surface area contributed by atoms with E-state index in [1.165, 1.54) is 5.39 Å².